The number of phenolic OH excluding ortho intramolecular Hbond substituents is 1. The largest absolute Gasteiger partial charge is 0.508 e. The Morgan fingerprint density at radius 3 is 2.40 bits per heavy atom. The molecule has 0 saturated heterocycles. The van der Waals surface area contributed by atoms with Crippen molar-refractivity contribution in [3.8, 4) is 5.75 Å². The molecule has 104 valence electrons. The molecule has 3 nitrogen and oxygen atoms in total. The van der Waals surface area contributed by atoms with Crippen molar-refractivity contribution in [2.24, 2.45) is 0 Å². The van der Waals surface area contributed by atoms with Crippen LogP contribution in [0.5, 0.6) is 5.75 Å². The van der Waals surface area contributed by atoms with Crippen LogP contribution >= 0.6 is 11.6 Å². The topological polar surface area (TPSA) is 49.3 Å². The molecule has 0 aromatic heterocycles. The van der Waals surface area contributed by atoms with Gasteiger partial charge in [0.15, 0.2) is 0 Å². The van der Waals surface area contributed by atoms with Gasteiger partial charge in [-0.1, -0.05) is 24.3 Å². The number of hydrogen-bond donors (Lipinski definition) is 2. The van der Waals surface area contributed by atoms with Crippen LogP contribution in [0, 0.1) is 6.92 Å². The highest BCUT2D eigenvalue weighted by molar-refractivity contribution is 6.17. The second kappa shape index (κ2) is 6.44. The average molecular weight is 290 g/mol. The summed E-state index contributed by atoms with van der Waals surface area (Å²) in [5.74, 6) is 0.499. The first kappa shape index (κ1) is 14.4. The third-order valence-electron chi connectivity index (χ3n) is 3.08. The number of carbonyl (C=O) groups is 1. The zero-order valence-corrected chi connectivity index (χ0v) is 11.9. The first-order valence-corrected chi connectivity index (χ1v) is 6.85. The lowest BCUT2D eigenvalue weighted by atomic mass is 10.1. The summed E-state index contributed by atoms with van der Waals surface area (Å²) in [6, 6.07) is 12.5. The van der Waals surface area contributed by atoms with Crippen molar-refractivity contribution in [1.82, 2.24) is 5.32 Å². The Bertz CT molecular complexity index is 608. The van der Waals surface area contributed by atoms with Crippen molar-refractivity contribution >= 4 is 17.5 Å². The van der Waals surface area contributed by atoms with Crippen LogP contribution in [0.15, 0.2) is 42.5 Å². The molecule has 0 bridgehead atoms. The Morgan fingerprint density at radius 2 is 1.80 bits per heavy atom. The molecule has 0 aliphatic carbocycles. The molecule has 2 N–H and O–H groups in total. The molecule has 0 aliphatic heterocycles. The molecule has 1 amide bonds. The van der Waals surface area contributed by atoms with E-state index in [0.29, 0.717) is 18.0 Å². The number of aryl methyl sites for hydroxylation is 1. The predicted octanol–water partition coefficient (Wildman–Crippen LogP) is 3.37. The minimum absolute atomic E-state index is 0.149. The highest BCUT2D eigenvalue weighted by Crippen LogP contribution is 2.15. The molecule has 0 aliphatic rings. The van der Waals surface area contributed by atoms with E-state index in [4.69, 9.17) is 11.6 Å². The number of benzene rings is 2. The minimum Gasteiger partial charge on any atom is -0.508 e. The summed E-state index contributed by atoms with van der Waals surface area (Å²) >= 11 is 5.73. The fourth-order valence-corrected chi connectivity index (χ4v) is 2.10. The van der Waals surface area contributed by atoms with E-state index in [9.17, 15) is 9.90 Å². The van der Waals surface area contributed by atoms with Gasteiger partial charge in [0.2, 0.25) is 0 Å². The summed E-state index contributed by atoms with van der Waals surface area (Å²) in [4.78, 5) is 12.1. The Labute approximate surface area is 123 Å². The molecule has 0 saturated carbocycles. The predicted molar refractivity (Wildman–Crippen MR) is 80.0 cm³/mol. The highest BCUT2D eigenvalue weighted by atomic mass is 35.5. The third kappa shape index (κ3) is 3.52. The van der Waals surface area contributed by atoms with Crippen LogP contribution in [0.4, 0.5) is 0 Å². The molecule has 0 radical (unpaired) electrons. The van der Waals surface area contributed by atoms with Gasteiger partial charge in [-0.3, -0.25) is 4.79 Å². The second-order valence-electron chi connectivity index (χ2n) is 4.63. The summed E-state index contributed by atoms with van der Waals surface area (Å²) in [7, 11) is 0. The second-order valence-corrected chi connectivity index (χ2v) is 4.90. The molecule has 0 spiro atoms. The van der Waals surface area contributed by atoms with Crippen molar-refractivity contribution < 1.29 is 9.90 Å². The Balaban J connectivity index is 2.00. The van der Waals surface area contributed by atoms with Gasteiger partial charge in [-0.15, -0.1) is 11.6 Å². The summed E-state index contributed by atoms with van der Waals surface area (Å²) < 4.78 is 0. The summed E-state index contributed by atoms with van der Waals surface area (Å²) in [6.45, 7) is 2.26. The van der Waals surface area contributed by atoms with Gasteiger partial charge < -0.3 is 10.4 Å². The lowest BCUT2D eigenvalue weighted by Crippen LogP contribution is -2.23. The van der Waals surface area contributed by atoms with E-state index >= 15 is 0 Å². The maximum atomic E-state index is 12.1. The van der Waals surface area contributed by atoms with Crippen molar-refractivity contribution in [1.29, 1.82) is 0 Å². The van der Waals surface area contributed by atoms with Gasteiger partial charge in [0.05, 0.1) is 0 Å². The van der Waals surface area contributed by atoms with E-state index in [2.05, 4.69) is 5.32 Å². The molecule has 2 aromatic carbocycles. The van der Waals surface area contributed by atoms with E-state index in [1.165, 1.54) is 6.07 Å². The standard InChI is InChI=1S/C16H16ClNO2/c1-11-8-14(19)6-7-15(11)16(20)18-10-13-4-2-12(9-17)3-5-13/h2-8,19H,9-10H2,1H3,(H,18,20). The first-order valence-electron chi connectivity index (χ1n) is 6.32. The smallest absolute Gasteiger partial charge is 0.251 e. The third-order valence-corrected chi connectivity index (χ3v) is 3.39. The van der Waals surface area contributed by atoms with Crippen LogP contribution in [0.3, 0.4) is 0 Å². The van der Waals surface area contributed by atoms with Crippen molar-refractivity contribution in [3.05, 3.63) is 64.7 Å². The number of amides is 1. The maximum Gasteiger partial charge on any atom is 0.251 e. The molecule has 2 rings (SSSR count). The SMILES string of the molecule is Cc1cc(O)ccc1C(=O)NCc1ccc(CCl)cc1. The van der Waals surface area contributed by atoms with Crippen molar-refractivity contribution in [2.45, 2.75) is 19.3 Å². The molecule has 20 heavy (non-hydrogen) atoms. The zero-order chi connectivity index (χ0) is 14.5. The summed E-state index contributed by atoms with van der Waals surface area (Å²) in [5, 5.41) is 12.2. The molecule has 4 heteroatoms. The van der Waals surface area contributed by atoms with E-state index in [1.807, 2.05) is 24.3 Å². The van der Waals surface area contributed by atoms with E-state index in [0.717, 1.165) is 16.7 Å². The van der Waals surface area contributed by atoms with Gasteiger partial charge in [-0.25, -0.2) is 0 Å². The minimum atomic E-state index is -0.149. The Kier molecular flexibility index (Phi) is 4.64. The van der Waals surface area contributed by atoms with Crippen LogP contribution in [0.25, 0.3) is 0 Å². The van der Waals surface area contributed by atoms with E-state index in [-0.39, 0.29) is 11.7 Å². The molecule has 2 aromatic rings. The average Bonchev–Trinajstić information content (AvgIpc) is 2.45. The maximum absolute atomic E-state index is 12.1. The normalized spacial score (nSPS) is 10.3. The molecule has 0 unspecified atom stereocenters. The van der Waals surface area contributed by atoms with Gasteiger partial charge in [-0.05, 0) is 41.8 Å². The fourth-order valence-electron chi connectivity index (χ4n) is 1.93. The first-order chi connectivity index (χ1) is 9.60. The van der Waals surface area contributed by atoms with E-state index < -0.39 is 0 Å². The van der Waals surface area contributed by atoms with E-state index in [1.54, 1.807) is 19.1 Å². The fraction of sp³-hybridized carbons (Fsp3) is 0.188. The number of alkyl halides is 1. The lowest BCUT2D eigenvalue weighted by Gasteiger charge is -2.08. The molecular formula is C16H16ClNO2. The lowest BCUT2D eigenvalue weighted by molar-refractivity contribution is 0.0950. The molecule has 0 heterocycles. The van der Waals surface area contributed by atoms with Crippen LogP contribution in [0.1, 0.15) is 27.0 Å². The van der Waals surface area contributed by atoms with Crippen molar-refractivity contribution in [2.75, 3.05) is 0 Å². The van der Waals surface area contributed by atoms with Crippen LogP contribution in [-0.2, 0) is 12.4 Å². The van der Waals surface area contributed by atoms with Gasteiger partial charge in [0.1, 0.15) is 5.75 Å². The van der Waals surface area contributed by atoms with Gasteiger partial charge >= 0.3 is 0 Å². The van der Waals surface area contributed by atoms with Crippen LogP contribution in [0.2, 0.25) is 0 Å². The van der Waals surface area contributed by atoms with Crippen molar-refractivity contribution in [3.63, 3.8) is 0 Å². The number of carbonyl (C=O) groups excluding carboxylic acids is 1. The van der Waals surface area contributed by atoms with Crippen LogP contribution in [-0.4, -0.2) is 11.0 Å². The molecule has 0 atom stereocenters. The number of aromatic hydroxyl groups is 1. The monoisotopic (exact) mass is 289 g/mol. The van der Waals surface area contributed by atoms with Gasteiger partial charge in [-0.2, -0.15) is 0 Å². The Morgan fingerprint density at radius 1 is 1.15 bits per heavy atom. The zero-order valence-electron chi connectivity index (χ0n) is 11.2. The number of rotatable bonds is 4. The number of phenols is 1. The summed E-state index contributed by atoms with van der Waals surface area (Å²) in [5.41, 5.74) is 3.39. The summed E-state index contributed by atoms with van der Waals surface area (Å²) in [6.07, 6.45) is 0. The Hall–Kier alpha value is -2.00. The molecular weight excluding hydrogens is 274 g/mol. The van der Waals surface area contributed by atoms with Gasteiger partial charge in [0.25, 0.3) is 5.91 Å². The highest BCUT2D eigenvalue weighted by Gasteiger charge is 2.08. The van der Waals surface area contributed by atoms with Crippen LogP contribution < -0.4 is 5.32 Å². The number of hydrogen-bond acceptors (Lipinski definition) is 2. The number of nitrogens with one attached hydrogen (secondary N) is 1. The quantitative estimate of drug-likeness (QED) is 0.848. The van der Waals surface area contributed by atoms with Gasteiger partial charge in [0, 0.05) is 18.0 Å². The molecule has 0 fully saturated rings. The number of halogens is 1.